The van der Waals surface area contributed by atoms with Crippen LogP contribution >= 0.6 is 0 Å². The average Bonchev–Trinajstić information content (AvgIpc) is 2.39. The summed E-state index contributed by atoms with van der Waals surface area (Å²) in [5.41, 5.74) is -0.312. The van der Waals surface area contributed by atoms with E-state index in [9.17, 15) is 18.7 Å². The van der Waals surface area contributed by atoms with Gasteiger partial charge in [0, 0.05) is 5.56 Å². The van der Waals surface area contributed by atoms with E-state index in [1.54, 1.807) is 0 Å². The van der Waals surface area contributed by atoms with E-state index in [0.717, 1.165) is 37.8 Å². The van der Waals surface area contributed by atoms with Crippen LogP contribution in [0, 0.1) is 11.6 Å². The van der Waals surface area contributed by atoms with Gasteiger partial charge in [0.05, 0.1) is 5.92 Å². The van der Waals surface area contributed by atoms with E-state index >= 15 is 0 Å². The number of benzene rings is 1. The highest BCUT2D eigenvalue weighted by Crippen LogP contribution is 2.28. The summed E-state index contributed by atoms with van der Waals surface area (Å²) in [5.74, 6) is -3.81. The van der Waals surface area contributed by atoms with E-state index in [2.05, 4.69) is 6.92 Å². The molecule has 0 radical (unpaired) electrons. The van der Waals surface area contributed by atoms with Crippen molar-refractivity contribution in [2.24, 2.45) is 0 Å². The van der Waals surface area contributed by atoms with Crippen LogP contribution < -0.4 is 0 Å². The summed E-state index contributed by atoms with van der Waals surface area (Å²) in [6.45, 7) is 2.13. The van der Waals surface area contributed by atoms with Crippen molar-refractivity contribution in [2.45, 2.75) is 57.8 Å². The number of hydrogen-bond acceptors (Lipinski definition) is 1. The Labute approximate surface area is 118 Å². The molecule has 0 aromatic heterocycles. The van der Waals surface area contributed by atoms with Crippen molar-refractivity contribution < 1.29 is 18.7 Å². The van der Waals surface area contributed by atoms with Crippen LogP contribution in [0.25, 0.3) is 0 Å². The number of carboxylic acid groups (broad SMARTS) is 1. The van der Waals surface area contributed by atoms with E-state index in [0.29, 0.717) is 6.42 Å². The summed E-state index contributed by atoms with van der Waals surface area (Å²) in [5, 5.41) is 9.18. The van der Waals surface area contributed by atoms with Crippen molar-refractivity contribution >= 4 is 5.97 Å². The second-order valence-corrected chi connectivity index (χ2v) is 5.08. The van der Waals surface area contributed by atoms with Gasteiger partial charge in [-0.05, 0) is 18.6 Å². The highest BCUT2D eigenvalue weighted by atomic mass is 19.1. The van der Waals surface area contributed by atoms with E-state index in [1.165, 1.54) is 12.5 Å². The van der Waals surface area contributed by atoms with E-state index in [4.69, 9.17) is 0 Å². The maximum absolute atomic E-state index is 13.6. The van der Waals surface area contributed by atoms with E-state index in [1.807, 2.05) is 0 Å². The number of carbonyl (C=O) groups is 1. The van der Waals surface area contributed by atoms with Crippen molar-refractivity contribution in [3.05, 3.63) is 35.4 Å². The van der Waals surface area contributed by atoms with Crippen LogP contribution in [0.5, 0.6) is 0 Å². The molecule has 112 valence electrons. The Bertz CT molecular complexity index is 412. The Morgan fingerprint density at radius 3 is 2.20 bits per heavy atom. The first-order chi connectivity index (χ1) is 9.57. The molecule has 0 amide bonds. The Balaban J connectivity index is 2.59. The molecular formula is C16H22F2O2. The SMILES string of the molecule is CCCCCCCCC(C(=O)O)c1c(F)cccc1F. The van der Waals surface area contributed by atoms with Crippen LogP contribution in [-0.4, -0.2) is 11.1 Å². The van der Waals surface area contributed by atoms with Gasteiger partial charge in [-0.25, -0.2) is 8.78 Å². The van der Waals surface area contributed by atoms with Gasteiger partial charge < -0.3 is 5.11 Å². The molecule has 1 aromatic carbocycles. The maximum Gasteiger partial charge on any atom is 0.311 e. The Hall–Kier alpha value is -1.45. The van der Waals surface area contributed by atoms with Gasteiger partial charge >= 0.3 is 5.97 Å². The Kier molecular flexibility index (Phi) is 7.20. The topological polar surface area (TPSA) is 37.3 Å². The molecule has 0 bridgehead atoms. The second-order valence-electron chi connectivity index (χ2n) is 5.08. The second kappa shape index (κ2) is 8.67. The Morgan fingerprint density at radius 1 is 1.10 bits per heavy atom. The molecular weight excluding hydrogens is 262 g/mol. The molecule has 1 unspecified atom stereocenters. The highest BCUT2D eigenvalue weighted by Gasteiger charge is 2.25. The predicted molar refractivity (Wildman–Crippen MR) is 74.7 cm³/mol. The molecule has 1 N–H and O–H groups in total. The lowest BCUT2D eigenvalue weighted by Gasteiger charge is -2.14. The molecule has 0 heterocycles. The molecule has 2 nitrogen and oxygen atoms in total. The van der Waals surface area contributed by atoms with E-state index < -0.39 is 23.5 Å². The van der Waals surface area contributed by atoms with Crippen molar-refractivity contribution in [2.75, 3.05) is 0 Å². The molecule has 0 saturated carbocycles. The van der Waals surface area contributed by atoms with Crippen LogP contribution in [0.1, 0.15) is 63.4 Å². The fraction of sp³-hybridized carbons (Fsp3) is 0.562. The molecule has 0 saturated heterocycles. The maximum atomic E-state index is 13.6. The number of halogens is 2. The first-order valence-corrected chi connectivity index (χ1v) is 7.24. The lowest BCUT2D eigenvalue weighted by atomic mass is 9.92. The van der Waals surface area contributed by atoms with Gasteiger partial charge in [0.25, 0.3) is 0 Å². The standard InChI is InChI=1S/C16H22F2O2/c1-2-3-4-5-6-7-9-12(16(19)20)15-13(17)10-8-11-14(15)18/h8,10-12H,2-7,9H2,1H3,(H,19,20). The summed E-state index contributed by atoms with van der Waals surface area (Å²) in [6.07, 6.45) is 6.35. The van der Waals surface area contributed by atoms with E-state index in [-0.39, 0.29) is 12.0 Å². The summed E-state index contributed by atoms with van der Waals surface area (Å²) in [4.78, 5) is 11.2. The lowest BCUT2D eigenvalue weighted by molar-refractivity contribution is -0.139. The smallest absolute Gasteiger partial charge is 0.311 e. The van der Waals surface area contributed by atoms with Crippen LogP contribution in [0.4, 0.5) is 8.78 Å². The fourth-order valence-corrected chi connectivity index (χ4v) is 2.36. The predicted octanol–water partition coefficient (Wildman–Crippen LogP) is 4.88. The van der Waals surface area contributed by atoms with Gasteiger partial charge in [-0.2, -0.15) is 0 Å². The quantitative estimate of drug-likeness (QED) is 0.656. The number of unbranched alkanes of at least 4 members (excludes halogenated alkanes) is 5. The minimum atomic E-state index is -1.16. The third kappa shape index (κ3) is 4.91. The minimum Gasteiger partial charge on any atom is -0.481 e. The zero-order valence-electron chi connectivity index (χ0n) is 11.9. The van der Waals surface area contributed by atoms with Crippen molar-refractivity contribution in [1.29, 1.82) is 0 Å². The molecule has 0 fully saturated rings. The van der Waals surface area contributed by atoms with Crippen molar-refractivity contribution in [3.8, 4) is 0 Å². The number of carboxylic acids is 1. The largest absolute Gasteiger partial charge is 0.481 e. The van der Waals surface area contributed by atoms with Gasteiger partial charge in [0.15, 0.2) is 0 Å². The molecule has 4 heteroatoms. The average molecular weight is 284 g/mol. The molecule has 0 aliphatic heterocycles. The molecule has 0 aliphatic rings. The van der Waals surface area contributed by atoms with Gasteiger partial charge in [0.2, 0.25) is 0 Å². The van der Waals surface area contributed by atoms with Gasteiger partial charge in [0.1, 0.15) is 11.6 Å². The molecule has 1 rings (SSSR count). The summed E-state index contributed by atoms with van der Waals surface area (Å²) in [6, 6.07) is 3.46. The molecule has 0 spiro atoms. The van der Waals surface area contributed by atoms with Gasteiger partial charge in [-0.3, -0.25) is 4.79 Å². The van der Waals surface area contributed by atoms with Crippen LogP contribution in [0.2, 0.25) is 0 Å². The minimum absolute atomic E-state index is 0.277. The third-order valence-electron chi connectivity index (χ3n) is 3.49. The molecule has 0 aliphatic carbocycles. The fourth-order valence-electron chi connectivity index (χ4n) is 2.36. The summed E-state index contributed by atoms with van der Waals surface area (Å²) >= 11 is 0. The third-order valence-corrected chi connectivity index (χ3v) is 3.49. The highest BCUT2D eigenvalue weighted by molar-refractivity contribution is 5.76. The zero-order valence-corrected chi connectivity index (χ0v) is 11.9. The van der Waals surface area contributed by atoms with Crippen LogP contribution in [0.15, 0.2) is 18.2 Å². The number of aliphatic carboxylic acids is 1. The Morgan fingerprint density at radius 2 is 1.65 bits per heavy atom. The first kappa shape index (κ1) is 16.6. The van der Waals surface area contributed by atoms with Crippen LogP contribution in [0.3, 0.4) is 0 Å². The van der Waals surface area contributed by atoms with Crippen LogP contribution in [-0.2, 0) is 4.79 Å². The normalized spacial score (nSPS) is 12.3. The summed E-state index contributed by atoms with van der Waals surface area (Å²) < 4.78 is 27.3. The summed E-state index contributed by atoms with van der Waals surface area (Å²) in [7, 11) is 0. The molecule has 1 atom stereocenters. The van der Waals surface area contributed by atoms with Crippen molar-refractivity contribution in [1.82, 2.24) is 0 Å². The number of rotatable bonds is 9. The van der Waals surface area contributed by atoms with Gasteiger partial charge in [-0.1, -0.05) is 51.5 Å². The molecule has 1 aromatic rings. The van der Waals surface area contributed by atoms with Crippen molar-refractivity contribution in [3.63, 3.8) is 0 Å². The number of hydrogen-bond donors (Lipinski definition) is 1. The molecule has 20 heavy (non-hydrogen) atoms. The van der Waals surface area contributed by atoms with Gasteiger partial charge in [-0.15, -0.1) is 0 Å². The monoisotopic (exact) mass is 284 g/mol. The zero-order chi connectivity index (χ0) is 15.0. The first-order valence-electron chi connectivity index (χ1n) is 7.24. The lowest BCUT2D eigenvalue weighted by Crippen LogP contribution is -2.15.